The average Bonchev–Trinajstić information content (AvgIpc) is 3.24. The summed E-state index contributed by atoms with van der Waals surface area (Å²) in [6, 6.07) is 4.11. The van der Waals surface area contributed by atoms with Crippen LogP contribution in [0.4, 0.5) is 0 Å². The van der Waals surface area contributed by atoms with Gasteiger partial charge in [-0.05, 0) is 37.0 Å². The molecule has 5 nitrogen and oxygen atoms in total. The molecule has 4 N–H and O–H groups in total. The fourth-order valence-corrected chi connectivity index (χ4v) is 2.19. The second-order valence-electron chi connectivity index (χ2n) is 5.14. The van der Waals surface area contributed by atoms with Gasteiger partial charge in [0.25, 0.3) is 0 Å². The van der Waals surface area contributed by atoms with E-state index in [-0.39, 0.29) is 17.4 Å². The predicted octanol–water partition coefficient (Wildman–Crippen LogP) is 1.14. The summed E-state index contributed by atoms with van der Waals surface area (Å²) in [6.07, 6.45) is 4.07. The van der Waals surface area contributed by atoms with Crippen LogP contribution in [0, 0.1) is 0 Å². The Morgan fingerprint density at radius 2 is 2.15 bits per heavy atom. The van der Waals surface area contributed by atoms with Crippen LogP contribution in [-0.4, -0.2) is 39.6 Å². The molecule has 1 aromatic rings. The van der Waals surface area contributed by atoms with Crippen LogP contribution in [0.15, 0.2) is 30.9 Å². The molecule has 0 aliphatic heterocycles. The van der Waals surface area contributed by atoms with Gasteiger partial charge in [0, 0.05) is 12.6 Å². The highest BCUT2D eigenvalue weighted by Gasteiger charge is 2.33. The molecular formula is C15H20N2O3. The third-order valence-corrected chi connectivity index (χ3v) is 3.41. The Bertz CT molecular complexity index is 512. The molecule has 20 heavy (non-hydrogen) atoms. The van der Waals surface area contributed by atoms with Gasteiger partial charge in [0.2, 0.25) is 5.91 Å². The number of hydrogen-bond acceptors (Lipinski definition) is 4. The van der Waals surface area contributed by atoms with Gasteiger partial charge in [-0.25, -0.2) is 0 Å². The van der Waals surface area contributed by atoms with Crippen molar-refractivity contribution in [3.8, 4) is 11.5 Å². The van der Waals surface area contributed by atoms with Gasteiger partial charge >= 0.3 is 0 Å². The van der Waals surface area contributed by atoms with Crippen LogP contribution in [0.5, 0.6) is 11.5 Å². The molecule has 0 unspecified atom stereocenters. The summed E-state index contributed by atoms with van der Waals surface area (Å²) in [5, 5.41) is 18.7. The van der Waals surface area contributed by atoms with E-state index in [1.165, 1.54) is 12.1 Å². The minimum absolute atomic E-state index is 0.0973. The van der Waals surface area contributed by atoms with Crippen molar-refractivity contribution < 1.29 is 15.0 Å². The number of benzene rings is 1. The van der Waals surface area contributed by atoms with Crippen LogP contribution in [0.25, 0.3) is 0 Å². The van der Waals surface area contributed by atoms with Crippen LogP contribution < -0.4 is 5.73 Å². The number of amides is 1. The van der Waals surface area contributed by atoms with Gasteiger partial charge in [-0.3, -0.25) is 4.79 Å². The highest BCUT2D eigenvalue weighted by molar-refractivity contribution is 5.82. The molecule has 0 spiro atoms. The maximum absolute atomic E-state index is 12.3. The number of aromatic hydroxyl groups is 2. The number of phenolic OH excluding ortho intramolecular Hbond substituents is 2. The number of carbonyl (C=O) groups excluding carboxylic acids is 1. The lowest BCUT2D eigenvalue weighted by molar-refractivity contribution is -0.132. The summed E-state index contributed by atoms with van der Waals surface area (Å²) in [4.78, 5) is 14.1. The van der Waals surface area contributed by atoms with Gasteiger partial charge in [0.1, 0.15) is 0 Å². The molecule has 0 aromatic heterocycles. The number of hydrogen-bond donors (Lipinski definition) is 3. The number of phenols is 2. The zero-order chi connectivity index (χ0) is 14.7. The molecular weight excluding hydrogens is 256 g/mol. The average molecular weight is 276 g/mol. The minimum Gasteiger partial charge on any atom is -0.504 e. The fraction of sp³-hybridized carbons (Fsp3) is 0.400. The summed E-state index contributed by atoms with van der Waals surface area (Å²) in [7, 11) is 0. The van der Waals surface area contributed by atoms with Crippen molar-refractivity contribution in [1.29, 1.82) is 0 Å². The van der Waals surface area contributed by atoms with Gasteiger partial charge in [-0.15, -0.1) is 6.58 Å². The summed E-state index contributed by atoms with van der Waals surface area (Å²) in [5.41, 5.74) is 6.68. The van der Waals surface area contributed by atoms with Gasteiger partial charge in [-0.1, -0.05) is 12.1 Å². The van der Waals surface area contributed by atoms with Gasteiger partial charge in [0.05, 0.1) is 6.04 Å². The van der Waals surface area contributed by atoms with E-state index in [9.17, 15) is 15.0 Å². The maximum atomic E-state index is 12.3. The third-order valence-electron chi connectivity index (χ3n) is 3.41. The molecule has 1 aromatic carbocycles. The quantitative estimate of drug-likeness (QED) is 0.537. The SMILES string of the molecule is C=CCN(C(=O)[C@@H](N)Cc1ccc(O)c(O)c1)C1CC1. The van der Waals surface area contributed by atoms with E-state index < -0.39 is 6.04 Å². The van der Waals surface area contributed by atoms with E-state index in [1.54, 1.807) is 17.0 Å². The van der Waals surface area contributed by atoms with Crippen molar-refractivity contribution in [3.63, 3.8) is 0 Å². The zero-order valence-electron chi connectivity index (χ0n) is 11.3. The molecule has 1 aliphatic rings. The van der Waals surface area contributed by atoms with E-state index in [0.29, 0.717) is 19.0 Å². The molecule has 0 heterocycles. The lowest BCUT2D eigenvalue weighted by atomic mass is 10.0. The Labute approximate surface area is 118 Å². The van der Waals surface area contributed by atoms with Crippen LogP contribution in [0.2, 0.25) is 0 Å². The first-order chi connectivity index (χ1) is 9.52. The molecule has 1 atom stereocenters. The second-order valence-corrected chi connectivity index (χ2v) is 5.14. The number of nitrogens with two attached hydrogens (primary N) is 1. The zero-order valence-corrected chi connectivity index (χ0v) is 11.3. The Kier molecular flexibility index (Phi) is 4.29. The first-order valence-electron chi connectivity index (χ1n) is 6.70. The van der Waals surface area contributed by atoms with E-state index in [1.807, 2.05) is 0 Å². The molecule has 108 valence electrons. The normalized spacial score (nSPS) is 15.7. The van der Waals surface area contributed by atoms with Gasteiger partial charge < -0.3 is 20.8 Å². The predicted molar refractivity (Wildman–Crippen MR) is 76.4 cm³/mol. The highest BCUT2D eigenvalue weighted by Crippen LogP contribution is 2.28. The van der Waals surface area contributed by atoms with Crippen LogP contribution >= 0.6 is 0 Å². The Morgan fingerprint density at radius 3 is 2.70 bits per heavy atom. The van der Waals surface area contributed by atoms with E-state index in [4.69, 9.17) is 5.73 Å². The molecule has 1 saturated carbocycles. The molecule has 1 aliphatic carbocycles. The Hall–Kier alpha value is -2.01. The fourth-order valence-electron chi connectivity index (χ4n) is 2.19. The Morgan fingerprint density at radius 1 is 1.45 bits per heavy atom. The summed E-state index contributed by atoms with van der Waals surface area (Å²) in [5.74, 6) is -0.479. The lowest BCUT2D eigenvalue weighted by Gasteiger charge is -2.24. The van der Waals surface area contributed by atoms with Crippen molar-refractivity contribution in [2.75, 3.05) is 6.54 Å². The molecule has 1 fully saturated rings. The van der Waals surface area contributed by atoms with E-state index >= 15 is 0 Å². The summed E-state index contributed by atoms with van der Waals surface area (Å²) in [6.45, 7) is 4.17. The third kappa shape index (κ3) is 3.30. The minimum atomic E-state index is -0.653. The van der Waals surface area contributed by atoms with Crippen LogP contribution in [0.3, 0.4) is 0 Å². The molecule has 1 amide bonds. The van der Waals surface area contributed by atoms with Crippen molar-refractivity contribution in [2.45, 2.75) is 31.3 Å². The highest BCUT2D eigenvalue weighted by atomic mass is 16.3. The molecule has 0 saturated heterocycles. The van der Waals surface area contributed by atoms with Crippen LogP contribution in [0.1, 0.15) is 18.4 Å². The molecule has 2 rings (SSSR count). The Balaban J connectivity index is 2.02. The van der Waals surface area contributed by atoms with Crippen molar-refractivity contribution in [2.24, 2.45) is 5.73 Å². The first-order valence-corrected chi connectivity index (χ1v) is 6.70. The maximum Gasteiger partial charge on any atom is 0.240 e. The van der Waals surface area contributed by atoms with E-state index in [0.717, 1.165) is 18.4 Å². The summed E-state index contributed by atoms with van der Waals surface area (Å²) < 4.78 is 0. The largest absolute Gasteiger partial charge is 0.504 e. The molecule has 0 bridgehead atoms. The van der Waals surface area contributed by atoms with Crippen molar-refractivity contribution in [3.05, 3.63) is 36.4 Å². The first kappa shape index (κ1) is 14.4. The van der Waals surface area contributed by atoms with Gasteiger partial charge in [-0.2, -0.15) is 0 Å². The number of rotatable bonds is 6. The van der Waals surface area contributed by atoms with Crippen molar-refractivity contribution >= 4 is 5.91 Å². The van der Waals surface area contributed by atoms with Crippen LogP contribution in [-0.2, 0) is 11.2 Å². The molecule has 0 radical (unpaired) electrons. The van der Waals surface area contributed by atoms with E-state index in [2.05, 4.69) is 6.58 Å². The number of nitrogens with zero attached hydrogens (tertiary/aromatic N) is 1. The lowest BCUT2D eigenvalue weighted by Crippen LogP contribution is -2.46. The smallest absolute Gasteiger partial charge is 0.240 e. The summed E-state index contributed by atoms with van der Waals surface area (Å²) >= 11 is 0. The number of carbonyl (C=O) groups is 1. The standard InChI is InChI=1S/C15H20N2O3/c1-2-7-17(11-4-5-11)15(20)12(16)8-10-3-6-13(18)14(19)9-10/h2-3,6,9,11-12,18-19H,1,4-5,7-8,16H2/t12-/m0/s1. The topological polar surface area (TPSA) is 86.8 Å². The van der Waals surface area contributed by atoms with Gasteiger partial charge in [0.15, 0.2) is 11.5 Å². The van der Waals surface area contributed by atoms with Crippen molar-refractivity contribution in [1.82, 2.24) is 4.90 Å². The molecule has 5 heteroatoms. The monoisotopic (exact) mass is 276 g/mol. The second kappa shape index (κ2) is 5.96.